The molecule has 4 rings (SSSR count). The summed E-state index contributed by atoms with van der Waals surface area (Å²) in [5.74, 6) is -3.33. The van der Waals surface area contributed by atoms with Crippen LogP contribution in [0.2, 0.25) is 0 Å². The molecule has 2 aromatic heterocycles. The Morgan fingerprint density at radius 3 is 1.87 bits per heavy atom. The highest BCUT2D eigenvalue weighted by Crippen LogP contribution is 2.21. The monoisotopic (exact) mass is 534 g/mol. The first-order valence-corrected chi connectivity index (χ1v) is 12.3. The van der Waals surface area contributed by atoms with E-state index in [0.29, 0.717) is 0 Å². The minimum Gasteiger partial charge on any atom is -0.480 e. The van der Waals surface area contributed by atoms with Gasteiger partial charge in [-0.1, -0.05) is 36.4 Å². The van der Waals surface area contributed by atoms with Crippen molar-refractivity contribution in [2.24, 2.45) is 5.73 Å². The smallest absolute Gasteiger partial charge is 0.326 e. The SMILES string of the molecule is NC(CO)C(=O)NCC(=O)NC(Cc1c[nH]c2ccccc12)C(=O)NC(Cc1c[nH]c2ccccc12)C(=O)O. The van der Waals surface area contributed by atoms with E-state index in [4.69, 9.17) is 10.8 Å². The van der Waals surface area contributed by atoms with E-state index in [9.17, 15) is 24.3 Å². The van der Waals surface area contributed by atoms with Crippen molar-refractivity contribution in [3.05, 3.63) is 72.1 Å². The van der Waals surface area contributed by atoms with E-state index in [1.165, 1.54) is 0 Å². The van der Waals surface area contributed by atoms with Crippen LogP contribution in [0.3, 0.4) is 0 Å². The van der Waals surface area contributed by atoms with Crippen molar-refractivity contribution in [1.29, 1.82) is 0 Å². The number of aromatic amines is 2. The summed E-state index contributed by atoms with van der Waals surface area (Å²) in [6, 6.07) is 11.3. The molecule has 3 atom stereocenters. The Morgan fingerprint density at radius 2 is 1.33 bits per heavy atom. The number of rotatable bonds is 12. The van der Waals surface area contributed by atoms with Gasteiger partial charge in [0.2, 0.25) is 17.7 Å². The molecule has 0 aliphatic carbocycles. The van der Waals surface area contributed by atoms with E-state index in [0.717, 1.165) is 32.9 Å². The van der Waals surface area contributed by atoms with E-state index in [2.05, 4.69) is 25.9 Å². The zero-order chi connectivity index (χ0) is 27.9. The van der Waals surface area contributed by atoms with Gasteiger partial charge in [-0.25, -0.2) is 4.79 Å². The Labute approximate surface area is 223 Å². The fraction of sp³-hybridized carbons (Fsp3) is 0.259. The molecule has 0 saturated heterocycles. The summed E-state index contributed by atoms with van der Waals surface area (Å²) in [6.07, 6.45) is 3.51. The molecule has 9 N–H and O–H groups in total. The third kappa shape index (κ3) is 6.61. The van der Waals surface area contributed by atoms with Gasteiger partial charge < -0.3 is 41.9 Å². The van der Waals surface area contributed by atoms with Gasteiger partial charge in [-0.05, 0) is 23.3 Å². The summed E-state index contributed by atoms with van der Waals surface area (Å²) >= 11 is 0. The summed E-state index contributed by atoms with van der Waals surface area (Å²) in [5.41, 5.74) is 8.59. The minimum atomic E-state index is -1.26. The Kier molecular flexibility index (Phi) is 8.59. The molecule has 0 bridgehead atoms. The van der Waals surface area contributed by atoms with Crippen molar-refractivity contribution in [2.45, 2.75) is 31.0 Å². The molecule has 0 saturated carbocycles. The normalized spacial score (nSPS) is 13.5. The summed E-state index contributed by atoms with van der Waals surface area (Å²) < 4.78 is 0. The Bertz CT molecular complexity index is 1490. The fourth-order valence-corrected chi connectivity index (χ4v) is 4.35. The van der Waals surface area contributed by atoms with E-state index < -0.39 is 55.0 Å². The molecule has 2 aromatic carbocycles. The zero-order valence-electron chi connectivity index (χ0n) is 20.9. The Hall–Kier alpha value is -4.68. The molecule has 12 heteroatoms. The zero-order valence-corrected chi connectivity index (χ0v) is 20.9. The van der Waals surface area contributed by atoms with Gasteiger partial charge in [0.1, 0.15) is 18.1 Å². The van der Waals surface area contributed by atoms with Crippen molar-refractivity contribution in [1.82, 2.24) is 25.9 Å². The molecule has 0 aliphatic rings. The van der Waals surface area contributed by atoms with Crippen molar-refractivity contribution in [2.75, 3.05) is 13.2 Å². The number of carboxylic acid groups (broad SMARTS) is 1. The lowest BCUT2D eigenvalue weighted by molar-refractivity contribution is -0.142. The quantitative estimate of drug-likeness (QED) is 0.124. The number of amides is 3. The Balaban J connectivity index is 1.52. The predicted molar refractivity (Wildman–Crippen MR) is 144 cm³/mol. The van der Waals surface area contributed by atoms with Gasteiger partial charge >= 0.3 is 5.97 Å². The predicted octanol–water partition coefficient (Wildman–Crippen LogP) is -0.0756. The number of hydrogen-bond donors (Lipinski definition) is 8. The van der Waals surface area contributed by atoms with Crippen molar-refractivity contribution < 1.29 is 29.4 Å². The number of aliphatic carboxylic acids is 1. The maximum absolute atomic E-state index is 13.4. The van der Waals surface area contributed by atoms with Crippen molar-refractivity contribution in [3.63, 3.8) is 0 Å². The standard InChI is InChI=1S/C27H30N6O6/c28-19(14-34)25(36)31-13-24(35)32-22(9-15-11-29-20-7-3-1-5-17(15)20)26(37)33-23(27(38)39)10-16-12-30-21-8-4-2-6-18(16)21/h1-8,11-12,19,22-23,29-30,34H,9-10,13-14,28H2,(H,31,36)(H,32,35)(H,33,37)(H,38,39). The molecule has 0 fully saturated rings. The molecule has 3 amide bonds. The maximum Gasteiger partial charge on any atom is 0.326 e. The molecule has 4 aromatic rings. The molecule has 12 nitrogen and oxygen atoms in total. The first-order valence-electron chi connectivity index (χ1n) is 12.3. The topological polar surface area (TPSA) is 202 Å². The molecule has 0 radical (unpaired) electrons. The van der Waals surface area contributed by atoms with Crippen molar-refractivity contribution >= 4 is 45.5 Å². The van der Waals surface area contributed by atoms with Gasteiger partial charge in [0.05, 0.1) is 13.2 Å². The largest absolute Gasteiger partial charge is 0.480 e. The third-order valence-corrected chi connectivity index (χ3v) is 6.42. The first kappa shape index (κ1) is 27.4. The molecular formula is C27H30N6O6. The molecule has 204 valence electrons. The van der Waals surface area contributed by atoms with E-state index in [-0.39, 0.29) is 12.8 Å². The van der Waals surface area contributed by atoms with Crippen LogP contribution in [0.1, 0.15) is 11.1 Å². The molecular weight excluding hydrogens is 504 g/mol. The van der Waals surface area contributed by atoms with Gasteiger partial charge in [0.15, 0.2) is 0 Å². The van der Waals surface area contributed by atoms with Gasteiger partial charge in [-0.15, -0.1) is 0 Å². The third-order valence-electron chi connectivity index (χ3n) is 6.42. The van der Waals surface area contributed by atoms with Crippen LogP contribution in [0, 0.1) is 0 Å². The average Bonchev–Trinajstić information content (AvgIpc) is 3.54. The summed E-state index contributed by atoms with van der Waals surface area (Å²) in [4.78, 5) is 56.2. The van der Waals surface area contributed by atoms with Gasteiger partial charge in [-0.2, -0.15) is 0 Å². The number of benzene rings is 2. The summed E-state index contributed by atoms with van der Waals surface area (Å²) in [7, 11) is 0. The fourth-order valence-electron chi connectivity index (χ4n) is 4.35. The highest BCUT2D eigenvalue weighted by Gasteiger charge is 2.28. The Morgan fingerprint density at radius 1 is 0.795 bits per heavy atom. The average molecular weight is 535 g/mol. The summed E-state index contributed by atoms with van der Waals surface area (Å²) in [6.45, 7) is -1.08. The number of nitrogens with one attached hydrogen (secondary N) is 5. The van der Waals surface area contributed by atoms with Crippen molar-refractivity contribution in [3.8, 4) is 0 Å². The second kappa shape index (κ2) is 12.2. The number of para-hydroxylation sites is 2. The van der Waals surface area contributed by atoms with Crippen LogP contribution < -0.4 is 21.7 Å². The number of aliphatic hydroxyl groups excluding tert-OH is 1. The first-order chi connectivity index (χ1) is 18.8. The number of H-pyrrole nitrogens is 2. The second-order valence-corrected chi connectivity index (χ2v) is 9.15. The number of aromatic nitrogens is 2. The van der Waals surface area contributed by atoms with Gasteiger partial charge in [0, 0.05) is 47.0 Å². The molecule has 0 aliphatic heterocycles. The molecule has 2 heterocycles. The van der Waals surface area contributed by atoms with Gasteiger partial charge in [0.25, 0.3) is 0 Å². The minimum absolute atomic E-state index is 0.0218. The van der Waals surface area contributed by atoms with Crippen LogP contribution in [0.25, 0.3) is 21.8 Å². The number of nitrogens with two attached hydrogens (primary N) is 1. The number of carbonyl (C=O) groups is 4. The van der Waals surface area contributed by atoms with Gasteiger partial charge in [-0.3, -0.25) is 14.4 Å². The number of aliphatic hydroxyl groups is 1. The van der Waals surface area contributed by atoms with E-state index >= 15 is 0 Å². The second-order valence-electron chi connectivity index (χ2n) is 9.15. The van der Waals surface area contributed by atoms with Crippen LogP contribution in [-0.4, -0.2) is 75.1 Å². The molecule has 3 unspecified atom stereocenters. The van der Waals surface area contributed by atoms with Crippen LogP contribution in [0.15, 0.2) is 60.9 Å². The number of fused-ring (bicyclic) bond motifs is 2. The highest BCUT2D eigenvalue weighted by atomic mass is 16.4. The number of hydrogen-bond acceptors (Lipinski definition) is 6. The van der Waals surface area contributed by atoms with E-state index in [1.54, 1.807) is 12.4 Å². The van der Waals surface area contributed by atoms with Crippen LogP contribution in [-0.2, 0) is 32.0 Å². The van der Waals surface area contributed by atoms with Crippen LogP contribution >= 0.6 is 0 Å². The van der Waals surface area contributed by atoms with E-state index in [1.807, 2.05) is 48.5 Å². The summed E-state index contributed by atoms with van der Waals surface area (Å²) in [5, 5.41) is 28.0. The molecule has 39 heavy (non-hydrogen) atoms. The maximum atomic E-state index is 13.4. The number of carboxylic acids is 1. The number of carbonyl (C=O) groups excluding carboxylic acids is 3. The lowest BCUT2D eigenvalue weighted by Crippen LogP contribution is -2.55. The van der Waals surface area contributed by atoms with Crippen LogP contribution in [0.4, 0.5) is 0 Å². The lowest BCUT2D eigenvalue weighted by atomic mass is 10.0. The highest BCUT2D eigenvalue weighted by molar-refractivity contribution is 5.94. The molecule has 0 spiro atoms. The lowest BCUT2D eigenvalue weighted by Gasteiger charge is -2.22. The van der Waals surface area contributed by atoms with Crippen LogP contribution in [0.5, 0.6) is 0 Å².